The van der Waals surface area contributed by atoms with Gasteiger partial charge in [-0.2, -0.15) is 0 Å². The first-order valence-corrected chi connectivity index (χ1v) is 7.89. The first kappa shape index (κ1) is 19.5. The molecule has 0 amide bonds. The largest absolute Gasteiger partial charge is 0.462 e. The number of rotatable bonds is 5. The topological polar surface area (TPSA) is 75.6 Å². The van der Waals surface area contributed by atoms with Gasteiger partial charge in [0.05, 0.1) is 6.10 Å². The quantitative estimate of drug-likeness (QED) is 0.276. The molecule has 0 aromatic heterocycles. The van der Waals surface area contributed by atoms with Crippen molar-refractivity contribution >= 4 is 18.8 Å². The minimum absolute atomic E-state index is 0.584. The van der Waals surface area contributed by atoms with E-state index in [1.54, 1.807) is 5.09 Å². The summed E-state index contributed by atoms with van der Waals surface area (Å²) in [6.07, 6.45) is -0.584. The molecule has 0 aliphatic heterocycles. The Hall–Kier alpha value is -1.51. The summed E-state index contributed by atoms with van der Waals surface area (Å²) in [5.41, 5.74) is 0. The summed E-state index contributed by atoms with van der Waals surface area (Å²) in [6, 6.07) is -1.54. The van der Waals surface area contributed by atoms with Crippen LogP contribution in [0.4, 0.5) is 22.0 Å². The summed E-state index contributed by atoms with van der Waals surface area (Å²) >= 11 is 0. The van der Waals surface area contributed by atoms with Gasteiger partial charge in [0.15, 0.2) is 23.3 Å². The van der Waals surface area contributed by atoms with Gasteiger partial charge in [0.2, 0.25) is 5.82 Å². The summed E-state index contributed by atoms with van der Waals surface area (Å²) in [6.45, 7) is 3.99. The van der Waals surface area contributed by atoms with Crippen molar-refractivity contribution in [1.29, 1.82) is 0 Å². The van der Waals surface area contributed by atoms with Gasteiger partial charge in [0.1, 0.15) is 11.3 Å². The second-order valence-electron chi connectivity index (χ2n) is 4.83. The summed E-state index contributed by atoms with van der Waals surface area (Å²) < 4.78 is 82.9. The molecule has 0 heterocycles. The molecule has 1 rings (SSSR count). The number of halogens is 5. The molecule has 5 nitrogen and oxygen atoms in total. The second kappa shape index (κ2) is 6.94. The maximum absolute atomic E-state index is 13.6. The van der Waals surface area contributed by atoms with E-state index in [1.165, 1.54) is 13.8 Å². The van der Waals surface area contributed by atoms with Gasteiger partial charge in [0.25, 0.3) is 0 Å². The number of hydrogen-bond donors (Lipinski definition) is 2. The van der Waals surface area contributed by atoms with Gasteiger partial charge in [-0.1, -0.05) is 0 Å². The molecule has 1 aromatic carbocycles. The van der Waals surface area contributed by atoms with E-state index in [1.807, 2.05) is 0 Å². The fraction of sp³-hybridized carbons (Fsp3) is 0.417. The highest BCUT2D eigenvalue weighted by atomic mass is 31.2. The molecule has 0 saturated heterocycles. The van der Waals surface area contributed by atoms with E-state index in [2.05, 4.69) is 0 Å². The third-order valence-corrected chi connectivity index (χ3v) is 4.30. The van der Waals surface area contributed by atoms with Crippen molar-refractivity contribution in [2.75, 3.05) is 0 Å². The summed E-state index contributed by atoms with van der Waals surface area (Å²) in [4.78, 5) is 21.1. The molecule has 0 aliphatic carbocycles. The monoisotopic (exact) mass is 361 g/mol. The zero-order valence-corrected chi connectivity index (χ0v) is 13.1. The highest BCUT2D eigenvalue weighted by Crippen LogP contribution is 2.38. The van der Waals surface area contributed by atoms with Gasteiger partial charge in [0, 0.05) is 0 Å². The number of hydrogen-bond acceptors (Lipinski definition) is 3. The van der Waals surface area contributed by atoms with E-state index in [4.69, 9.17) is 4.74 Å². The summed E-state index contributed by atoms with van der Waals surface area (Å²) in [5.74, 6) is -13.2. The molecule has 0 aliphatic rings. The molecule has 11 heteroatoms. The molecule has 0 fully saturated rings. The van der Waals surface area contributed by atoms with Gasteiger partial charge in [-0.3, -0.25) is 9.36 Å². The average molecular weight is 361 g/mol. The maximum atomic E-state index is 13.6. The Morgan fingerprint density at radius 3 is 1.78 bits per heavy atom. The Bertz CT molecular complexity index is 653. The van der Waals surface area contributed by atoms with Crippen molar-refractivity contribution in [3.05, 3.63) is 29.1 Å². The first-order chi connectivity index (χ1) is 10.4. The van der Waals surface area contributed by atoms with Crippen LogP contribution in [-0.4, -0.2) is 23.0 Å². The fourth-order valence-electron chi connectivity index (χ4n) is 1.57. The van der Waals surface area contributed by atoms with E-state index in [9.17, 15) is 36.2 Å². The van der Waals surface area contributed by atoms with Crippen LogP contribution in [0.15, 0.2) is 0 Å². The Morgan fingerprint density at radius 1 is 1.00 bits per heavy atom. The van der Waals surface area contributed by atoms with Gasteiger partial charge in [-0.15, -0.1) is 0 Å². The lowest BCUT2D eigenvalue weighted by Gasteiger charge is -2.20. The Morgan fingerprint density at radius 2 is 1.39 bits per heavy atom. The van der Waals surface area contributed by atoms with E-state index in [0.29, 0.717) is 0 Å². The first-order valence-electron chi connectivity index (χ1n) is 6.23. The predicted molar refractivity (Wildman–Crippen MR) is 69.5 cm³/mol. The molecule has 2 atom stereocenters. The average Bonchev–Trinajstić information content (AvgIpc) is 2.41. The molecular formula is C12H13F5NO4P. The van der Waals surface area contributed by atoms with Crippen molar-refractivity contribution in [2.45, 2.75) is 32.9 Å². The number of esters is 1. The molecule has 0 bridgehead atoms. The highest BCUT2D eigenvalue weighted by molar-refractivity contribution is 7.64. The van der Waals surface area contributed by atoms with Crippen molar-refractivity contribution in [2.24, 2.45) is 0 Å². The van der Waals surface area contributed by atoms with Crippen LogP contribution in [0.1, 0.15) is 20.8 Å². The SMILES string of the molecule is CC(C)OC(=O)[C@H](C)NP(=O)(O)c1c(F)c(F)c(F)c(F)c1F. The third kappa shape index (κ3) is 4.07. The van der Waals surface area contributed by atoms with Crippen LogP contribution < -0.4 is 10.4 Å². The Labute approximate surface area is 128 Å². The lowest BCUT2D eigenvalue weighted by atomic mass is 10.3. The molecule has 0 saturated carbocycles. The van der Waals surface area contributed by atoms with E-state index < -0.39 is 60.0 Å². The number of ether oxygens (including phenoxy) is 1. The minimum Gasteiger partial charge on any atom is -0.462 e. The van der Waals surface area contributed by atoms with Crippen LogP contribution in [0.2, 0.25) is 0 Å². The number of carbonyl (C=O) groups is 1. The number of benzene rings is 1. The van der Waals surface area contributed by atoms with Crippen LogP contribution in [0, 0.1) is 29.1 Å². The molecule has 0 spiro atoms. The van der Waals surface area contributed by atoms with Crippen LogP contribution in [-0.2, 0) is 14.1 Å². The molecule has 1 aromatic rings. The zero-order chi connectivity index (χ0) is 18.1. The van der Waals surface area contributed by atoms with E-state index in [-0.39, 0.29) is 0 Å². The van der Waals surface area contributed by atoms with Crippen molar-refractivity contribution in [1.82, 2.24) is 5.09 Å². The summed E-state index contributed by atoms with van der Waals surface area (Å²) in [7, 11) is -5.29. The maximum Gasteiger partial charge on any atom is 0.323 e. The molecule has 2 N–H and O–H groups in total. The number of nitrogens with one attached hydrogen (secondary N) is 1. The van der Waals surface area contributed by atoms with Gasteiger partial charge < -0.3 is 9.63 Å². The smallest absolute Gasteiger partial charge is 0.323 e. The number of carbonyl (C=O) groups excluding carboxylic acids is 1. The second-order valence-corrected chi connectivity index (χ2v) is 6.69. The zero-order valence-electron chi connectivity index (χ0n) is 12.2. The van der Waals surface area contributed by atoms with E-state index >= 15 is 0 Å². The lowest BCUT2D eigenvalue weighted by molar-refractivity contribution is -0.149. The fourth-order valence-corrected chi connectivity index (χ4v) is 3.06. The van der Waals surface area contributed by atoms with Crippen LogP contribution in [0.25, 0.3) is 0 Å². The Balaban J connectivity index is 3.25. The minimum atomic E-state index is -5.29. The van der Waals surface area contributed by atoms with Gasteiger partial charge >= 0.3 is 13.5 Å². The van der Waals surface area contributed by atoms with E-state index in [0.717, 1.165) is 6.92 Å². The van der Waals surface area contributed by atoms with Crippen molar-refractivity contribution < 1.29 is 40.9 Å². The van der Waals surface area contributed by atoms with Gasteiger partial charge in [-0.25, -0.2) is 27.0 Å². The summed E-state index contributed by atoms with van der Waals surface area (Å²) in [5, 5.41) is -0.298. The van der Waals surface area contributed by atoms with Gasteiger partial charge in [-0.05, 0) is 20.8 Å². The van der Waals surface area contributed by atoms with Crippen LogP contribution >= 0.6 is 7.52 Å². The highest BCUT2D eigenvalue weighted by Gasteiger charge is 2.38. The predicted octanol–water partition coefficient (Wildman–Crippen LogP) is 2.12. The van der Waals surface area contributed by atoms with Crippen LogP contribution in [0.5, 0.6) is 0 Å². The molecule has 130 valence electrons. The van der Waals surface area contributed by atoms with Crippen molar-refractivity contribution in [3.8, 4) is 0 Å². The normalized spacial score (nSPS) is 15.4. The standard InChI is InChI=1S/C12H13F5NO4P/c1-4(2)22-12(19)5(3)18-23(20,21)11-9(16)7(14)6(13)8(15)10(11)17/h4-5H,1-3H3,(H2,18,20,21)/t5-/m0/s1. The van der Waals surface area contributed by atoms with Crippen molar-refractivity contribution in [3.63, 3.8) is 0 Å². The molecule has 1 unspecified atom stereocenters. The molecule has 0 radical (unpaired) electrons. The Kier molecular flexibility index (Phi) is 5.89. The lowest BCUT2D eigenvalue weighted by Crippen LogP contribution is -2.38. The van der Waals surface area contributed by atoms with Crippen LogP contribution in [0.3, 0.4) is 0 Å². The third-order valence-electron chi connectivity index (χ3n) is 2.56. The molecular weight excluding hydrogens is 348 g/mol. The molecule has 23 heavy (non-hydrogen) atoms.